The van der Waals surface area contributed by atoms with Gasteiger partial charge in [-0.1, -0.05) is 51.2 Å². The summed E-state index contributed by atoms with van der Waals surface area (Å²) in [4.78, 5) is 22.7. The molecule has 0 saturated carbocycles. The Morgan fingerprint density at radius 1 is 1.04 bits per heavy atom. The molecule has 140 valence electrons. The molecule has 0 aromatic rings. The number of hydrogen-bond donors (Lipinski definition) is 1. The van der Waals surface area contributed by atoms with E-state index in [2.05, 4.69) is 6.92 Å². The summed E-state index contributed by atoms with van der Waals surface area (Å²) in [7, 11) is 5.84. The highest BCUT2D eigenvalue weighted by Crippen LogP contribution is 2.09. The highest BCUT2D eigenvalue weighted by atomic mass is 16.5. The molecule has 5 nitrogen and oxygen atoms in total. The number of rotatable bonds is 14. The second-order valence-corrected chi connectivity index (χ2v) is 7.41. The Kier molecular flexibility index (Phi) is 12.3. The first-order chi connectivity index (χ1) is 11.2. The van der Waals surface area contributed by atoms with E-state index in [0.29, 0.717) is 11.0 Å². The molecule has 0 aliphatic rings. The molecular weight excluding hydrogens is 306 g/mol. The number of carbonyl (C=O) groups excluding carboxylic acids is 1. The molecule has 0 aliphatic carbocycles. The molecule has 0 amide bonds. The fourth-order valence-electron chi connectivity index (χ4n) is 2.52. The minimum atomic E-state index is -0.945. The summed E-state index contributed by atoms with van der Waals surface area (Å²) < 4.78 is 5.88. The van der Waals surface area contributed by atoms with Crippen LogP contribution in [-0.4, -0.2) is 55.3 Å². The van der Waals surface area contributed by atoms with Crippen molar-refractivity contribution in [3.8, 4) is 0 Å². The Labute approximate surface area is 147 Å². The van der Waals surface area contributed by atoms with E-state index in [9.17, 15) is 9.59 Å². The predicted molar refractivity (Wildman–Crippen MR) is 96.8 cm³/mol. The summed E-state index contributed by atoms with van der Waals surface area (Å²) in [6.07, 6.45) is 11.9. The van der Waals surface area contributed by atoms with Crippen LogP contribution >= 0.6 is 0 Å². The van der Waals surface area contributed by atoms with Crippen molar-refractivity contribution in [3.63, 3.8) is 0 Å². The van der Waals surface area contributed by atoms with Gasteiger partial charge in [0.25, 0.3) is 0 Å². The fourth-order valence-corrected chi connectivity index (χ4v) is 2.52. The monoisotopic (exact) mass is 342 g/mol. The molecule has 0 aromatic carbocycles. The Balaban J connectivity index is 3.98. The predicted octanol–water partition coefficient (Wildman–Crippen LogP) is 3.78. The number of allylic oxidation sites excluding steroid dienone is 1. The van der Waals surface area contributed by atoms with Crippen LogP contribution in [0.4, 0.5) is 0 Å². The van der Waals surface area contributed by atoms with Crippen molar-refractivity contribution in [2.24, 2.45) is 0 Å². The number of quaternary nitrogens is 1. The van der Waals surface area contributed by atoms with Gasteiger partial charge >= 0.3 is 11.9 Å². The maximum atomic E-state index is 11.9. The zero-order chi connectivity index (χ0) is 18.4. The van der Waals surface area contributed by atoms with Gasteiger partial charge in [-0.05, 0) is 12.8 Å². The lowest BCUT2D eigenvalue weighted by molar-refractivity contribution is -0.873. The highest BCUT2D eigenvalue weighted by molar-refractivity contribution is 5.72. The summed E-state index contributed by atoms with van der Waals surface area (Å²) in [6.45, 7) is 2.70. The Bertz CT molecular complexity index is 385. The lowest BCUT2D eigenvalue weighted by Gasteiger charge is -2.28. The number of esters is 1. The van der Waals surface area contributed by atoms with E-state index in [4.69, 9.17) is 9.84 Å². The smallest absolute Gasteiger partial charge is 0.310 e. The Morgan fingerprint density at radius 2 is 1.67 bits per heavy atom. The van der Waals surface area contributed by atoms with Crippen molar-refractivity contribution in [2.75, 3.05) is 27.7 Å². The number of likely N-dealkylation sites (N-methyl/N-ethyl adjacent to an activating group) is 1. The molecule has 0 fully saturated rings. The largest absolute Gasteiger partial charge is 0.481 e. The van der Waals surface area contributed by atoms with Gasteiger partial charge in [0.05, 0.1) is 34.0 Å². The van der Waals surface area contributed by atoms with Crippen LogP contribution in [0.5, 0.6) is 0 Å². The van der Waals surface area contributed by atoms with Crippen molar-refractivity contribution in [2.45, 2.75) is 70.8 Å². The van der Waals surface area contributed by atoms with Crippen LogP contribution in [0.2, 0.25) is 0 Å². The summed E-state index contributed by atoms with van der Waals surface area (Å²) >= 11 is 0. The number of nitrogens with zero attached hydrogens (tertiary/aromatic N) is 1. The standard InChI is InChI=1S/C19H35NO4/c1-5-6-7-8-9-10-11-12-13-14-19(23)24-17(15-18(21)22)16-20(2,3)4/h12-13,17H,5-11,14-16H2,1-4H3/p+1/b13-12+. The van der Waals surface area contributed by atoms with Crippen LogP contribution in [0.25, 0.3) is 0 Å². The molecule has 0 heterocycles. The SMILES string of the molecule is CCCCCCCC/C=C/CC(=O)OC(CC(=O)O)C[N+](C)(C)C. The van der Waals surface area contributed by atoms with Gasteiger partial charge in [0.2, 0.25) is 0 Å². The normalized spacial score (nSPS) is 13.2. The molecule has 0 spiro atoms. The van der Waals surface area contributed by atoms with Crippen molar-refractivity contribution in [3.05, 3.63) is 12.2 Å². The van der Waals surface area contributed by atoms with E-state index in [1.807, 2.05) is 33.3 Å². The van der Waals surface area contributed by atoms with E-state index in [-0.39, 0.29) is 18.8 Å². The van der Waals surface area contributed by atoms with Crippen molar-refractivity contribution < 1.29 is 23.9 Å². The number of hydrogen-bond acceptors (Lipinski definition) is 3. The van der Waals surface area contributed by atoms with Crippen molar-refractivity contribution in [1.82, 2.24) is 0 Å². The second-order valence-electron chi connectivity index (χ2n) is 7.41. The number of carbonyl (C=O) groups is 2. The zero-order valence-corrected chi connectivity index (χ0v) is 15.9. The molecule has 0 aromatic heterocycles. The highest BCUT2D eigenvalue weighted by Gasteiger charge is 2.24. The van der Waals surface area contributed by atoms with Crippen molar-refractivity contribution in [1.29, 1.82) is 0 Å². The summed E-state index contributed by atoms with van der Waals surface area (Å²) in [6, 6.07) is 0. The summed E-state index contributed by atoms with van der Waals surface area (Å²) in [5.74, 6) is -1.30. The first-order valence-corrected chi connectivity index (χ1v) is 9.11. The maximum Gasteiger partial charge on any atom is 0.310 e. The topological polar surface area (TPSA) is 63.6 Å². The van der Waals surface area contributed by atoms with Crippen LogP contribution in [0.15, 0.2) is 12.2 Å². The lowest BCUT2D eigenvalue weighted by Crippen LogP contribution is -2.43. The summed E-state index contributed by atoms with van der Waals surface area (Å²) in [5, 5.41) is 8.93. The molecule has 0 rings (SSSR count). The number of unbranched alkanes of at least 4 members (excludes halogenated alkanes) is 6. The molecule has 0 aliphatic heterocycles. The average Bonchev–Trinajstić information content (AvgIpc) is 2.42. The number of carboxylic acid groups (broad SMARTS) is 1. The third kappa shape index (κ3) is 15.5. The van der Waals surface area contributed by atoms with Gasteiger partial charge in [0.1, 0.15) is 6.54 Å². The van der Waals surface area contributed by atoms with E-state index >= 15 is 0 Å². The van der Waals surface area contributed by atoms with E-state index in [0.717, 1.165) is 12.8 Å². The third-order valence-corrected chi connectivity index (χ3v) is 3.63. The molecule has 5 heteroatoms. The van der Waals surface area contributed by atoms with Crippen LogP contribution in [0.3, 0.4) is 0 Å². The van der Waals surface area contributed by atoms with Gasteiger partial charge in [-0.25, -0.2) is 0 Å². The lowest BCUT2D eigenvalue weighted by atomic mass is 10.1. The van der Waals surface area contributed by atoms with Crippen LogP contribution in [0, 0.1) is 0 Å². The molecule has 1 unspecified atom stereocenters. The minimum absolute atomic E-state index is 0.150. The Hall–Kier alpha value is -1.36. The van der Waals surface area contributed by atoms with E-state index in [1.165, 1.54) is 32.1 Å². The van der Waals surface area contributed by atoms with Crippen LogP contribution in [-0.2, 0) is 14.3 Å². The van der Waals surface area contributed by atoms with Crippen LogP contribution in [0.1, 0.15) is 64.7 Å². The average molecular weight is 343 g/mol. The first-order valence-electron chi connectivity index (χ1n) is 9.11. The van der Waals surface area contributed by atoms with Gasteiger partial charge in [0, 0.05) is 0 Å². The number of carboxylic acids is 1. The second kappa shape index (κ2) is 13.0. The van der Waals surface area contributed by atoms with Crippen LogP contribution < -0.4 is 0 Å². The molecule has 0 bridgehead atoms. The van der Waals surface area contributed by atoms with Gasteiger partial charge in [0.15, 0.2) is 6.10 Å². The quantitative estimate of drug-likeness (QED) is 0.226. The third-order valence-electron chi connectivity index (χ3n) is 3.63. The molecule has 0 radical (unpaired) electrons. The number of aliphatic carboxylic acids is 1. The maximum absolute atomic E-state index is 11.9. The van der Waals surface area contributed by atoms with Gasteiger partial charge in [-0.2, -0.15) is 0 Å². The van der Waals surface area contributed by atoms with E-state index < -0.39 is 12.1 Å². The van der Waals surface area contributed by atoms with E-state index in [1.54, 1.807) is 0 Å². The molecule has 1 atom stereocenters. The van der Waals surface area contributed by atoms with Crippen molar-refractivity contribution >= 4 is 11.9 Å². The fraction of sp³-hybridized carbons (Fsp3) is 0.789. The number of ether oxygens (including phenoxy) is 1. The minimum Gasteiger partial charge on any atom is -0.481 e. The zero-order valence-electron chi connectivity index (χ0n) is 15.9. The first kappa shape index (κ1) is 22.6. The molecule has 0 saturated heterocycles. The summed E-state index contributed by atoms with van der Waals surface area (Å²) in [5.41, 5.74) is 0. The van der Waals surface area contributed by atoms with Gasteiger partial charge in [-0.15, -0.1) is 0 Å². The van der Waals surface area contributed by atoms with Gasteiger partial charge in [-0.3, -0.25) is 9.59 Å². The molecule has 24 heavy (non-hydrogen) atoms. The molecule has 1 N–H and O–H groups in total. The van der Waals surface area contributed by atoms with Gasteiger partial charge < -0.3 is 14.3 Å². The Morgan fingerprint density at radius 3 is 2.25 bits per heavy atom. The molecular formula is C19H36NO4+.